The van der Waals surface area contributed by atoms with E-state index in [4.69, 9.17) is 11.1 Å². The Hall–Kier alpha value is -3.68. The number of hydrogen-bond acceptors (Lipinski definition) is 5. The number of hydrogen-bond donors (Lipinski definition) is 3. The van der Waals surface area contributed by atoms with Crippen molar-refractivity contribution in [2.24, 2.45) is 5.73 Å². The molecular formula is C19H19N5O3. The van der Waals surface area contributed by atoms with Gasteiger partial charge in [-0.3, -0.25) is 15.2 Å². The summed E-state index contributed by atoms with van der Waals surface area (Å²) < 4.78 is 5.90. The van der Waals surface area contributed by atoms with Gasteiger partial charge in [0.25, 0.3) is 0 Å². The van der Waals surface area contributed by atoms with Crippen molar-refractivity contribution < 1.29 is 9.53 Å². The van der Waals surface area contributed by atoms with E-state index in [1.807, 2.05) is 12.1 Å². The van der Waals surface area contributed by atoms with Gasteiger partial charge in [-0.1, -0.05) is 36.4 Å². The van der Waals surface area contributed by atoms with Gasteiger partial charge in [0.2, 0.25) is 0 Å². The highest BCUT2D eigenvalue weighted by Gasteiger charge is 2.10. The number of nitrogens with one attached hydrogen (secondary N) is 2. The van der Waals surface area contributed by atoms with Crippen molar-refractivity contribution >= 4 is 11.8 Å². The molecule has 4 N–H and O–H groups in total. The van der Waals surface area contributed by atoms with Crippen molar-refractivity contribution in [3.63, 3.8) is 0 Å². The first kappa shape index (κ1) is 18.1. The van der Waals surface area contributed by atoms with E-state index in [2.05, 4.69) is 14.8 Å². The number of aromatic amines is 1. The van der Waals surface area contributed by atoms with E-state index in [1.54, 1.807) is 36.4 Å². The lowest BCUT2D eigenvalue weighted by Crippen LogP contribution is -2.15. The first-order valence-corrected chi connectivity index (χ1v) is 8.28. The first-order chi connectivity index (χ1) is 13.0. The summed E-state index contributed by atoms with van der Waals surface area (Å²) in [5, 5.41) is 11.7. The van der Waals surface area contributed by atoms with Gasteiger partial charge in [-0.2, -0.15) is 4.68 Å². The van der Waals surface area contributed by atoms with Crippen LogP contribution in [-0.4, -0.2) is 33.7 Å². The molecule has 1 heterocycles. The number of benzene rings is 2. The van der Waals surface area contributed by atoms with Crippen LogP contribution in [0.2, 0.25) is 0 Å². The van der Waals surface area contributed by atoms with Crippen LogP contribution in [0.5, 0.6) is 0 Å². The van der Waals surface area contributed by atoms with Crippen LogP contribution in [-0.2, 0) is 16.0 Å². The molecule has 8 nitrogen and oxygen atoms in total. The van der Waals surface area contributed by atoms with Gasteiger partial charge in [-0.25, -0.2) is 4.79 Å². The minimum absolute atomic E-state index is 0.0205. The van der Waals surface area contributed by atoms with Crippen molar-refractivity contribution in [1.82, 2.24) is 14.8 Å². The summed E-state index contributed by atoms with van der Waals surface area (Å²) in [6, 6.07) is 14.1. The monoisotopic (exact) mass is 365 g/mol. The van der Waals surface area contributed by atoms with Gasteiger partial charge in [0.1, 0.15) is 5.84 Å². The summed E-state index contributed by atoms with van der Waals surface area (Å²) in [6.07, 6.45) is 0.870. The summed E-state index contributed by atoms with van der Waals surface area (Å²) in [4.78, 5) is 26.2. The molecule has 0 unspecified atom stereocenters. The van der Waals surface area contributed by atoms with Gasteiger partial charge in [-0.15, -0.1) is 5.10 Å². The lowest BCUT2D eigenvalue weighted by Gasteiger charge is -2.03. The van der Waals surface area contributed by atoms with Gasteiger partial charge in [-0.05, 0) is 24.1 Å². The van der Waals surface area contributed by atoms with Crippen molar-refractivity contribution in [2.45, 2.75) is 12.8 Å². The number of H-pyrrole nitrogens is 1. The molecule has 27 heavy (non-hydrogen) atoms. The molecule has 3 rings (SSSR count). The number of nitrogens with zero attached hydrogens (tertiary/aromatic N) is 2. The van der Waals surface area contributed by atoms with Crippen LogP contribution >= 0.6 is 0 Å². The number of nitrogen functional groups attached to an aromatic ring is 1. The van der Waals surface area contributed by atoms with Crippen LogP contribution in [0.25, 0.3) is 17.1 Å². The van der Waals surface area contributed by atoms with E-state index in [1.165, 1.54) is 11.8 Å². The maximum Gasteiger partial charge on any atom is 0.348 e. The summed E-state index contributed by atoms with van der Waals surface area (Å²) in [5.41, 5.74) is 7.98. The number of carbonyl (C=O) groups excluding carboxylic acids is 1. The topological polar surface area (TPSA) is 127 Å². The third-order valence-electron chi connectivity index (χ3n) is 4.11. The van der Waals surface area contributed by atoms with Crippen molar-refractivity contribution in [3.05, 3.63) is 70.1 Å². The molecular weight excluding hydrogens is 346 g/mol. The molecule has 0 amide bonds. The molecule has 0 aliphatic heterocycles. The maximum absolute atomic E-state index is 12.3. The fourth-order valence-electron chi connectivity index (χ4n) is 2.59. The molecule has 3 aromatic rings. The molecule has 8 heteroatoms. The Morgan fingerprint density at radius 3 is 2.44 bits per heavy atom. The second-order valence-corrected chi connectivity index (χ2v) is 5.92. The Labute approximate surface area is 155 Å². The van der Waals surface area contributed by atoms with Crippen molar-refractivity contribution in [3.8, 4) is 17.1 Å². The number of amidine groups is 1. The van der Waals surface area contributed by atoms with Gasteiger partial charge < -0.3 is 10.5 Å². The number of methoxy groups -OCH3 is 1. The van der Waals surface area contributed by atoms with Gasteiger partial charge in [0.15, 0.2) is 5.82 Å². The molecule has 0 aliphatic rings. The highest BCUT2D eigenvalue weighted by Crippen LogP contribution is 2.16. The number of aromatic nitrogens is 3. The van der Waals surface area contributed by atoms with Crippen LogP contribution in [0.4, 0.5) is 0 Å². The first-order valence-electron chi connectivity index (χ1n) is 8.28. The maximum atomic E-state index is 12.3. The SMILES string of the molecule is COC(=O)CCc1ccc(-n2nc(-c3ccc(C(=N)N)cc3)[nH]c2=O)cc1. The highest BCUT2D eigenvalue weighted by molar-refractivity contribution is 5.95. The molecule has 138 valence electrons. The zero-order valence-electron chi connectivity index (χ0n) is 14.7. The van der Waals surface area contributed by atoms with E-state index in [0.717, 1.165) is 5.56 Å². The molecule has 0 spiro atoms. The molecule has 0 saturated heterocycles. The van der Waals surface area contributed by atoms with Crippen LogP contribution in [0, 0.1) is 5.41 Å². The van der Waals surface area contributed by atoms with Crippen LogP contribution < -0.4 is 11.4 Å². The average Bonchev–Trinajstić information content (AvgIpc) is 3.08. The molecule has 0 atom stereocenters. The van der Waals surface area contributed by atoms with Crippen LogP contribution in [0.3, 0.4) is 0 Å². The molecule has 1 aromatic heterocycles. The minimum atomic E-state index is -0.358. The fraction of sp³-hybridized carbons (Fsp3) is 0.158. The Bertz CT molecular complexity index is 1020. The Morgan fingerprint density at radius 1 is 1.19 bits per heavy atom. The normalized spacial score (nSPS) is 10.6. The van der Waals surface area contributed by atoms with Crippen molar-refractivity contribution in [1.29, 1.82) is 5.41 Å². The summed E-state index contributed by atoms with van der Waals surface area (Å²) in [7, 11) is 1.36. The second-order valence-electron chi connectivity index (χ2n) is 5.92. The van der Waals surface area contributed by atoms with E-state index in [0.29, 0.717) is 35.5 Å². The number of nitrogens with two attached hydrogens (primary N) is 1. The fourth-order valence-corrected chi connectivity index (χ4v) is 2.59. The third-order valence-corrected chi connectivity index (χ3v) is 4.11. The predicted molar refractivity (Wildman–Crippen MR) is 101 cm³/mol. The second kappa shape index (κ2) is 7.69. The quantitative estimate of drug-likeness (QED) is 0.347. The van der Waals surface area contributed by atoms with Crippen molar-refractivity contribution in [2.75, 3.05) is 7.11 Å². The smallest absolute Gasteiger partial charge is 0.348 e. The number of carbonyl (C=O) groups is 1. The lowest BCUT2D eigenvalue weighted by molar-refractivity contribution is -0.140. The van der Waals surface area contributed by atoms with Gasteiger partial charge in [0, 0.05) is 17.5 Å². The lowest BCUT2D eigenvalue weighted by atomic mass is 10.1. The predicted octanol–water partition coefficient (Wildman–Crippen LogP) is 1.62. The van der Waals surface area contributed by atoms with Gasteiger partial charge in [0.05, 0.1) is 12.8 Å². The van der Waals surface area contributed by atoms with Crippen LogP contribution in [0.15, 0.2) is 53.3 Å². The molecule has 0 saturated carbocycles. The van der Waals surface area contributed by atoms with Gasteiger partial charge >= 0.3 is 11.7 Å². The van der Waals surface area contributed by atoms with E-state index in [9.17, 15) is 9.59 Å². The third kappa shape index (κ3) is 4.12. The molecule has 0 bridgehead atoms. The summed E-state index contributed by atoms with van der Waals surface area (Å²) in [5.74, 6) is 0.140. The average molecular weight is 365 g/mol. The largest absolute Gasteiger partial charge is 0.469 e. The van der Waals surface area contributed by atoms with E-state index in [-0.39, 0.29) is 17.5 Å². The Balaban J connectivity index is 1.81. The zero-order chi connectivity index (χ0) is 19.4. The highest BCUT2D eigenvalue weighted by atomic mass is 16.5. The summed E-state index contributed by atoms with van der Waals surface area (Å²) >= 11 is 0. The molecule has 0 aliphatic carbocycles. The standard InChI is InChI=1S/C19H19N5O3/c1-27-16(25)11-4-12-2-9-15(10-3-12)24-19(26)22-18(23-24)14-7-5-13(6-8-14)17(20)21/h2-3,5-10H,4,11H2,1H3,(H3,20,21)(H,22,23,26). The molecule has 2 aromatic carbocycles. The Morgan fingerprint density at radius 2 is 1.85 bits per heavy atom. The number of ether oxygens (including phenoxy) is 1. The minimum Gasteiger partial charge on any atom is -0.469 e. The Kier molecular flexibility index (Phi) is 5.16. The number of rotatable bonds is 6. The van der Waals surface area contributed by atoms with E-state index >= 15 is 0 Å². The number of aryl methyl sites for hydroxylation is 1. The zero-order valence-corrected chi connectivity index (χ0v) is 14.7. The summed E-state index contributed by atoms with van der Waals surface area (Å²) in [6.45, 7) is 0. The van der Waals surface area contributed by atoms with E-state index < -0.39 is 0 Å². The molecule has 0 fully saturated rings. The number of esters is 1. The van der Waals surface area contributed by atoms with Crippen LogP contribution in [0.1, 0.15) is 17.5 Å². The molecule has 0 radical (unpaired) electrons.